The van der Waals surface area contributed by atoms with Crippen LogP contribution in [0.5, 0.6) is 0 Å². The second-order valence-electron chi connectivity index (χ2n) is 11.2. The molecule has 9 unspecified atom stereocenters. The van der Waals surface area contributed by atoms with Gasteiger partial charge < -0.3 is 9.84 Å². The molecule has 2 amide bonds. The molecule has 5 aliphatic rings. The van der Waals surface area contributed by atoms with Crippen molar-refractivity contribution in [2.45, 2.75) is 84.0 Å². The van der Waals surface area contributed by atoms with Gasteiger partial charge in [-0.05, 0) is 43.4 Å². The molecule has 5 fully saturated rings. The Morgan fingerprint density at radius 3 is 2.55 bits per heavy atom. The molecule has 29 heavy (non-hydrogen) atoms. The summed E-state index contributed by atoms with van der Waals surface area (Å²) in [5.74, 6) is -0.904. The van der Waals surface area contributed by atoms with E-state index >= 15 is 0 Å². The number of fused-ring (bicyclic) bond motifs is 3. The van der Waals surface area contributed by atoms with Crippen molar-refractivity contribution in [3.05, 3.63) is 0 Å². The van der Waals surface area contributed by atoms with E-state index in [2.05, 4.69) is 33.0 Å². The maximum atomic E-state index is 12.8. The summed E-state index contributed by atoms with van der Waals surface area (Å²) >= 11 is 0. The fraction of sp³-hybridized carbons (Fsp3) is 0.870. The first kappa shape index (κ1) is 19.7. The summed E-state index contributed by atoms with van der Waals surface area (Å²) in [4.78, 5) is 37.8. The molecule has 0 bridgehead atoms. The Kier molecular flexibility index (Phi) is 4.01. The minimum Gasteiger partial charge on any atom is -0.393 e. The molecular weight excluding hydrogens is 370 g/mol. The maximum Gasteiger partial charge on any atom is 0.233 e. The van der Waals surface area contributed by atoms with Crippen LogP contribution in [0.25, 0.3) is 0 Å². The fourth-order valence-corrected chi connectivity index (χ4v) is 7.99. The number of amides is 2. The first-order valence-electron chi connectivity index (χ1n) is 11.3. The molecule has 160 valence electrons. The molecule has 2 saturated heterocycles. The van der Waals surface area contributed by atoms with Gasteiger partial charge in [-0.2, -0.15) is 0 Å². The number of rotatable bonds is 0. The van der Waals surface area contributed by atoms with Crippen LogP contribution in [0.3, 0.4) is 0 Å². The number of imide groups is 1. The number of nitrogens with one attached hydrogen (secondary N) is 1. The van der Waals surface area contributed by atoms with E-state index in [0.29, 0.717) is 31.0 Å². The van der Waals surface area contributed by atoms with Gasteiger partial charge in [-0.15, -0.1) is 0 Å². The third-order valence-electron chi connectivity index (χ3n) is 9.91. The predicted octanol–water partition coefficient (Wildman–Crippen LogP) is 2.23. The van der Waals surface area contributed by atoms with Crippen molar-refractivity contribution in [1.82, 2.24) is 5.32 Å². The van der Waals surface area contributed by atoms with Crippen LogP contribution in [-0.4, -0.2) is 40.5 Å². The van der Waals surface area contributed by atoms with Crippen molar-refractivity contribution in [3.8, 4) is 0 Å². The third kappa shape index (κ3) is 2.28. The second-order valence-corrected chi connectivity index (χ2v) is 11.2. The van der Waals surface area contributed by atoms with Crippen LogP contribution in [0.15, 0.2) is 0 Å². The van der Waals surface area contributed by atoms with E-state index in [0.717, 1.165) is 19.3 Å². The number of hydrogen-bond donors (Lipinski definition) is 2. The molecule has 9 atom stereocenters. The molecule has 2 N–H and O–H groups in total. The van der Waals surface area contributed by atoms with Crippen LogP contribution < -0.4 is 5.32 Å². The number of hydrogen-bond acceptors (Lipinski definition) is 5. The molecular formula is C23H33NO5. The monoisotopic (exact) mass is 403 g/mol. The molecule has 2 heterocycles. The minimum absolute atomic E-state index is 0.0936. The highest BCUT2D eigenvalue weighted by Crippen LogP contribution is 2.68. The van der Waals surface area contributed by atoms with Crippen molar-refractivity contribution in [2.24, 2.45) is 40.4 Å². The van der Waals surface area contributed by atoms with Crippen LogP contribution in [0.2, 0.25) is 0 Å². The first-order chi connectivity index (χ1) is 13.5. The van der Waals surface area contributed by atoms with Crippen molar-refractivity contribution >= 4 is 17.6 Å². The molecule has 5 rings (SSSR count). The molecule has 3 saturated carbocycles. The Balaban J connectivity index is 1.62. The summed E-state index contributed by atoms with van der Waals surface area (Å²) in [7, 11) is 0. The molecule has 3 aliphatic carbocycles. The number of carbonyl (C=O) groups excluding carboxylic acids is 3. The summed E-state index contributed by atoms with van der Waals surface area (Å²) in [6.07, 6.45) is 3.16. The lowest BCUT2D eigenvalue weighted by Crippen LogP contribution is -2.72. The lowest BCUT2D eigenvalue weighted by Gasteiger charge is -2.69. The van der Waals surface area contributed by atoms with Gasteiger partial charge in [-0.3, -0.25) is 19.7 Å². The van der Waals surface area contributed by atoms with Crippen LogP contribution >= 0.6 is 0 Å². The van der Waals surface area contributed by atoms with Gasteiger partial charge in [0.1, 0.15) is 5.78 Å². The van der Waals surface area contributed by atoms with Crippen molar-refractivity contribution in [1.29, 1.82) is 0 Å². The minimum atomic E-state index is -0.641. The molecule has 0 aromatic carbocycles. The Bertz CT molecular complexity index is 792. The van der Waals surface area contributed by atoms with E-state index in [1.54, 1.807) is 0 Å². The first-order valence-corrected chi connectivity index (χ1v) is 11.3. The number of aliphatic hydroxyl groups is 1. The molecule has 2 aliphatic heterocycles. The van der Waals surface area contributed by atoms with Gasteiger partial charge in [0, 0.05) is 23.7 Å². The summed E-state index contributed by atoms with van der Waals surface area (Å²) < 4.78 is 7.02. The standard InChI is InChI=1S/C23H33NO5/c1-11-5-6-15-21(2,3)16(26)7-8-23(15)22(11,4)10-13-14(25)9-12-17(18(13)29-23)20(28)24-19(12)27/h11-15,17-18,25H,5-10H2,1-4H3,(H,24,27,28). The summed E-state index contributed by atoms with van der Waals surface area (Å²) in [6, 6.07) is 0. The maximum absolute atomic E-state index is 12.8. The highest BCUT2D eigenvalue weighted by molar-refractivity contribution is 6.05. The SMILES string of the molecule is CC1CCC2C(C)(C)C(=O)CCC23OC2C(CC13C)C(O)CC1C(=O)NC(=O)C12. The second kappa shape index (κ2) is 5.91. The molecule has 1 spiro atoms. The lowest BCUT2D eigenvalue weighted by molar-refractivity contribution is -0.320. The summed E-state index contributed by atoms with van der Waals surface area (Å²) in [5, 5.41) is 13.4. The summed E-state index contributed by atoms with van der Waals surface area (Å²) in [5.41, 5.74) is -1.12. The molecule has 0 aromatic rings. The predicted molar refractivity (Wildman–Crippen MR) is 104 cm³/mol. The highest BCUT2D eigenvalue weighted by Gasteiger charge is 2.71. The van der Waals surface area contributed by atoms with E-state index in [-0.39, 0.29) is 29.1 Å². The van der Waals surface area contributed by atoms with Crippen LogP contribution in [0.1, 0.15) is 66.2 Å². The van der Waals surface area contributed by atoms with Crippen LogP contribution in [0, 0.1) is 40.4 Å². The van der Waals surface area contributed by atoms with E-state index in [4.69, 9.17) is 4.74 Å². The van der Waals surface area contributed by atoms with E-state index in [1.165, 1.54) is 0 Å². The Morgan fingerprint density at radius 2 is 1.83 bits per heavy atom. The van der Waals surface area contributed by atoms with Crippen molar-refractivity contribution in [3.63, 3.8) is 0 Å². The fourth-order valence-electron chi connectivity index (χ4n) is 7.99. The van der Waals surface area contributed by atoms with Gasteiger partial charge in [0.15, 0.2) is 0 Å². The number of aliphatic hydroxyl groups excluding tert-OH is 1. The Morgan fingerprint density at radius 1 is 1.10 bits per heavy atom. The normalized spacial score (nSPS) is 53.4. The van der Waals surface area contributed by atoms with E-state index < -0.39 is 35.1 Å². The van der Waals surface area contributed by atoms with E-state index in [1.807, 2.05) is 0 Å². The van der Waals surface area contributed by atoms with Gasteiger partial charge >= 0.3 is 0 Å². The van der Waals surface area contributed by atoms with Crippen molar-refractivity contribution < 1.29 is 24.2 Å². The largest absolute Gasteiger partial charge is 0.393 e. The van der Waals surface area contributed by atoms with Gasteiger partial charge in [0.2, 0.25) is 11.8 Å². The number of Topliss-reactive ketones (excluding diaryl/α,β-unsaturated/α-hetero) is 1. The lowest BCUT2D eigenvalue weighted by atomic mass is 9.42. The quantitative estimate of drug-likeness (QED) is 0.605. The zero-order valence-corrected chi connectivity index (χ0v) is 17.9. The third-order valence-corrected chi connectivity index (χ3v) is 9.91. The van der Waals surface area contributed by atoms with Gasteiger partial charge in [-0.25, -0.2) is 0 Å². The van der Waals surface area contributed by atoms with Crippen molar-refractivity contribution in [2.75, 3.05) is 0 Å². The average molecular weight is 404 g/mol. The highest BCUT2D eigenvalue weighted by atomic mass is 16.5. The summed E-state index contributed by atoms with van der Waals surface area (Å²) in [6.45, 7) is 8.66. The zero-order chi connectivity index (χ0) is 20.9. The van der Waals surface area contributed by atoms with Crippen LogP contribution in [0.4, 0.5) is 0 Å². The smallest absolute Gasteiger partial charge is 0.233 e. The molecule has 6 heteroatoms. The molecule has 6 nitrogen and oxygen atoms in total. The number of carbonyl (C=O) groups is 3. The topological polar surface area (TPSA) is 92.7 Å². The van der Waals surface area contributed by atoms with Gasteiger partial charge in [0.05, 0.1) is 29.6 Å². The van der Waals surface area contributed by atoms with Gasteiger partial charge in [0.25, 0.3) is 0 Å². The van der Waals surface area contributed by atoms with E-state index in [9.17, 15) is 19.5 Å². The molecule has 0 aromatic heterocycles. The zero-order valence-electron chi connectivity index (χ0n) is 17.9. The average Bonchev–Trinajstić information content (AvgIpc) is 2.92. The Labute approximate surface area is 172 Å². The number of ether oxygens (including phenoxy) is 1. The number of ketones is 1. The van der Waals surface area contributed by atoms with Gasteiger partial charge in [-0.1, -0.05) is 27.7 Å². The molecule has 0 radical (unpaired) electrons. The Hall–Kier alpha value is -1.27. The van der Waals surface area contributed by atoms with Crippen LogP contribution in [-0.2, 0) is 19.1 Å².